The molecule has 1 unspecified atom stereocenters. The number of methoxy groups -OCH3 is 1. The summed E-state index contributed by atoms with van der Waals surface area (Å²) in [5, 5.41) is 7.00. The number of aromatic nitrogens is 2. The summed E-state index contributed by atoms with van der Waals surface area (Å²) < 4.78 is 10.8. The molecule has 1 aliphatic heterocycles. The van der Waals surface area contributed by atoms with E-state index < -0.39 is 6.10 Å². The number of fused-ring (bicyclic) bond motifs is 1. The molecule has 0 spiro atoms. The molecule has 3 heterocycles. The van der Waals surface area contributed by atoms with Crippen LogP contribution < -0.4 is 5.32 Å². The van der Waals surface area contributed by atoms with Crippen LogP contribution in [-0.2, 0) is 35.5 Å². The molecule has 184 valence electrons. The highest BCUT2D eigenvalue weighted by Crippen LogP contribution is 2.26. The predicted molar refractivity (Wildman–Crippen MR) is 131 cm³/mol. The zero-order valence-electron chi connectivity index (χ0n) is 20.7. The molecule has 35 heavy (non-hydrogen) atoms. The van der Waals surface area contributed by atoms with Crippen molar-refractivity contribution in [2.45, 2.75) is 52.8 Å². The summed E-state index contributed by atoms with van der Waals surface area (Å²) in [4.78, 5) is 32.2. The topological polar surface area (TPSA) is 97.6 Å². The zero-order chi connectivity index (χ0) is 24.9. The number of benzene rings is 1. The molecule has 0 saturated heterocycles. The van der Waals surface area contributed by atoms with Crippen LogP contribution in [0.25, 0.3) is 0 Å². The number of ether oxygens (including phenoxy) is 1. The summed E-state index contributed by atoms with van der Waals surface area (Å²) in [7, 11) is 1.53. The quantitative estimate of drug-likeness (QED) is 0.531. The normalized spacial score (nSPS) is 14.0. The standard InChI is InChI=1S/C27H32N4O4/c1-17(2)12-21-13-24(30-35-21)27(33)31-11-10-22-20(16-31)14-28-18(3)23(22)15-29-26(32)25(34-4)19-8-6-5-7-9-19/h5-9,13-14,17,25H,10-12,15-16H2,1-4H3,(H,29,32). The number of amides is 2. The van der Waals surface area contributed by atoms with Crippen molar-refractivity contribution in [1.29, 1.82) is 0 Å². The van der Waals surface area contributed by atoms with E-state index in [1.165, 1.54) is 7.11 Å². The number of carbonyl (C=O) groups is 2. The molecule has 1 N–H and O–H groups in total. The van der Waals surface area contributed by atoms with Crippen LogP contribution in [0, 0.1) is 12.8 Å². The Balaban J connectivity index is 1.45. The second-order valence-corrected chi connectivity index (χ2v) is 9.32. The summed E-state index contributed by atoms with van der Waals surface area (Å²) in [6.45, 7) is 7.49. The molecule has 8 nitrogen and oxygen atoms in total. The van der Waals surface area contributed by atoms with Gasteiger partial charge in [-0.15, -0.1) is 0 Å². The molecule has 0 fully saturated rings. The SMILES string of the molecule is COC(C(=O)NCc1c(C)ncc2c1CCN(C(=O)c1cc(CC(C)C)on1)C2)c1ccccc1. The highest BCUT2D eigenvalue weighted by Gasteiger charge is 2.27. The van der Waals surface area contributed by atoms with Gasteiger partial charge >= 0.3 is 0 Å². The van der Waals surface area contributed by atoms with Crippen LogP contribution in [-0.4, -0.2) is 40.5 Å². The van der Waals surface area contributed by atoms with E-state index in [4.69, 9.17) is 9.26 Å². The first kappa shape index (κ1) is 24.6. The summed E-state index contributed by atoms with van der Waals surface area (Å²) in [6, 6.07) is 11.2. The van der Waals surface area contributed by atoms with Crippen LogP contribution in [0.1, 0.15) is 64.1 Å². The number of aryl methyl sites for hydroxylation is 1. The molecule has 0 saturated carbocycles. The van der Waals surface area contributed by atoms with Crippen LogP contribution in [0.3, 0.4) is 0 Å². The third-order valence-electron chi connectivity index (χ3n) is 6.29. The second kappa shape index (κ2) is 10.8. The van der Waals surface area contributed by atoms with Crippen molar-refractivity contribution in [3.8, 4) is 0 Å². The number of hydrogen-bond acceptors (Lipinski definition) is 6. The van der Waals surface area contributed by atoms with E-state index in [9.17, 15) is 9.59 Å². The molecule has 2 aromatic heterocycles. The second-order valence-electron chi connectivity index (χ2n) is 9.32. The average molecular weight is 477 g/mol. The fraction of sp³-hybridized carbons (Fsp3) is 0.407. The number of hydrogen-bond donors (Lipinski definition) is 1. The Morgan fingerprint density at radius 3 is 2.71 bits per heavy atom. The molecule has 3 aromatic rings. The minimum atomic E-state index is -0.680. The van der Waals surface area contributed by atoms with Crippen LogP contribution in [0.2, 0.25) is 0 Å². The highest BCUT2D eigenvalue weighted by atomic mass is 16.5. The minimum Gasteiger partial charge on any atom is -0.367 e. The van der Waals surface area contributed by atoms with Crippen molar-refractivity contribution in [1.82, 2.24) is 20.4 Å². The van der Waals surface area contributed by atoms with Crippen molar-refractivity contribution in [2.24, 2.45) is 5.92 Å². The molecule has 1 atom stereocenters. The fourth-order valence-electron chi connectivity index (χ4n) is 4.49. The molecule has 4 rings (SSSR count). The van der Waals surface area contributed by atoms with E-state index in [-0.39, 0.29) is 11.8 Å². The Morgan fingerprint density at radius 1 is 1.23 bits per heavy atom. The monoisotopic (exact) mass is 476 g/mol. The highest BCUT2D eigenvalue weighted by molar-refractivity contribution is 5.92. The maximum Gasteiger partial charge on any atom is 0.276 e. The summed E-state index contributed by atoms with van der Waals surface area (Å²) in [5.74, 6) is 0.802. The fourth-order valence-corrected chi connectivity index (χ4v) is 4.49. The molecular formula is C27H32N4O4. The lowest BCUT2D eigenvalue weighted by atomic mass is 9.94. The predicted octanol–water partition coefficient (Wildman–Crippen LogP) is 3.78. The van der Waals surface area contributed by atoms with Gasteiger partial charge in [-0.2, -0.15) is 0 Å². The van der Waals surface area contributed by atoms with Gasteiger partial charge in [0.05, 0.1) is 0 Å². The van der Waals surface area contributed by atoms with E-state index in [2.05, 4.69) is 29.3 Å². The Kier molecular flexibility index (Phi) is 7.60. The molecule has 2 amide bonds. The number of rotatable bonds is 8. The van der Waals surface area contributed by atoms with Crippen molar-refractivity contribution in [2.75, 3.05) is 13.7 Å². The van der Waals surface area contributed by atoms with Gasteiger partial charge in [0.15, 0.2) is 11.8 Å². The van der Waals surface area contributed by atoms with Gasteiger partial charge in [-0.1, -0.05) is 49.3 Å². The summed E-state index contributed by atoms with van der Waals surface area (Å²) in [6.07, 6.45) is 2.57. The van der Waals surface area contributed by atoms with Crippen molar-refractivity contribution >= 4 is 11.8 Å². The lowest BCUT2D eigenvalue weighted by Gasteiger charge is -2.30. The van der Waals surface area contributed by atoms with Crippen molar-refractivity contribution < 1.29 is 18.8 Å². The Hall–Kier alpha value is -3.52. The molecular weight excluding hydrogens is 444 g/mol. The minimum absolute atomic E-state index is 0.143. The Morgan fingerprint density at radius 2 is 2.00 bits per heavy atom. The molecule has 0 radical (unpaired) electrons. The maximum atomic E-state index is 13.0. The summed E-state index contributed by atoms with van der Waals surface area (Å²) in [5.41, 5.74) is 5.12. The van der Waals surface area contributed by atoms with Crippen LogP contribution in [0.4, 0.5) is 0 Å². The first-order chi connectivity index (χ1) is 16.9. The lowest BCUT2D eigenvalue weighted by molar-refractivity contribution is -0.131. The third kappa shape index (κ3) is 5.59. The Labute approximate surface area is 205 Å². The maximum absolute atomic E-state index is 13.0. The van der Waals surface area contributed by atoms with Gasteiger partial charge in [-0.05, 0) is 41.5 Å². The van der Waals surface area contributed by atoms with Gasteiger partial charge < -0.3 is 19.5 Å². The first-order valence-electron chi connectivity index (χ1n) is 11.9. The van der Waals surface area contributed by atoms with E-state index in [0.717, 1.165) is 40.1 Å². The van der Waals surface area contributed by atoms with Gasteiger partial charge in [-0.3, -0.25) is 14.6 Å². The van der Waals surface area contributed by atoms with E-state index in [1.807, 2.05) is 43.5 Å². The van der Waals surface area contributed by atoms with Crippen molar-refractivity contribution in [3.63, 3.8) is 0 Å². The van der Waals surface area contributed by atoms with Gasteiger partial charge in [-0.25, -0.2) is 0 Å². The molecule has 1 aliphatic rings. The summed E-state index contributed by atoms with van der Waals surface area (Å²) >= 11 is 0. The van der Waals surface area contributed by atoms with Gasteiger partial charge in [0.2, 0.25) is 0 Å². The molecule has 0 aliphatic carbocycles. The lowest BCUT2D eigenvalue weighted by Crippen LogP contribution is -2.37. The van der Waals surface area contributed by atoms with Crippen LogP contribution in [0.15, 0.2) is 47.1 Å². The van der Waals surface area contributed by atoms with Gasteiger partial charge in [0.25, 0.3) is 11.8 Å². The smallest absolute Gasteiger partial charge is 0.276 e. The Bertz CT molecular complexity index is 1190. The average Bonchev–Trinajstić information content (AvgIpc) is 3.31. The van der Waals surface area contributed by atoms with Crippen LogP contribution >= 0.6 is 0 Å². The van der Waals surface area contributed by atoms with Gasteiger partial charge in [0, 0.05) is 51.1 Å². The molecule has 1 aromatic carbocycles. The van der Waals surface area contributed by atoms with Crippen molar-refractivity contribution in [3.05, 3.63) is 82.0 Å². The number of carbonyl (C=O) groups excluding carboxylic acids is 2. The molecule has 0 bridgehead atoms. The third-order valence-corrected chi connectivity index (χ3v) is 6.29. The van der Waals surface area contributed by atoms with E-state index in [1.54, 1.807) is 11.0 Å². The van der Waals surface area contributed by atoms with Gasteiger partial charge in [0.1, 0.15) is 5.76 Å². The number of pyridine rings is 1. The number of nitrogens with one attached hydrogen (secondary N) is 1. The van der Waals surface area contributed by atoms with Crippen LogP contribution in [0.5, 0.6) is 0 Å². The largest absolute Gasteiger partial charge is 0.367 e. The zero-order valence-corrected chi connectivity index (χ0v) is 20.7. The molecule has 8 heteroatoms. The number of nitrogens with zero attached hydrogens (tertiary/aromatic N) is 3. The first-order valence-corrected chi connectivity index (χ1v) is 11.9. The van der Waals surface area contributed by atoms with E-state index >= 15 is 0 Å². The van der Waals surface area contributed by atoms with E-state index in [0.29, 0.717) is 37.7 Å².